The van der Waals surface area contributed by atoms with Gasteiger partial charge in [-0.15, -0.1) is 0 Å². The minimum atomic E-state index is -0.524. The van der Waals surface area contributed by atoms with Gasteiger partial charge in [0, 0.05) is 20.1 Å². The predicted molar refractivity (Wildman–Crippen MR) is 73.0 cm³/mol. The summed E-state index contributed by atoms with van der Waals surface area (Å²) in [5.41, 5.74) is 5.87. The van der Waals surface area contributed by atoms with Crippen LogP contribution in [0, 0.1) is 5.92 Å². The highest BCUT2D eigenvalue weighted by molar-refractivity contribution is 5.87. The van der Waals surface area contributed by atoms with Crippen molar-refractivity contribution in [1.82, 2.24) is 9.80 Å². The van der Waals surface area contributed by atoms with E-state index in [9.17, 15) is 9.59 Å². The quantitative estimate of drug-likeness (QED) is 0.729. The average molecular weight is 257 g/mol. The van der Waals surface area contributed by atoms with Crippen LogP contribution in [0.1, 0.15) is 34.1 Å². The van der Waals surface area contributed by atoms with E-state index in [2.05, 4.69) is 0 Å². The molecule has 0 saturated carbocycles. The van der Waals surface area contributed by atoms with Crippen LogP contribution in [0.5, 0.6) is 0 Å². The maximum Gasteiger partial charge on any atom is 0.242 e. The topological polar surface area (TPSA) is 66.6 Å². The van der Waals surface area contributed by atoms with Crippen LogP contribution in [0.25, 0.3) is 0 Å². The summed E-state index contributed by atoms with van der Waals surface area (Å²) < 4.78 is 0. The Balaban J connectivity index is 4.44. The second-order valence-corrected chi connectivity index (χ2v) is 4.67. The van der Waals surface area contributed by atoms with Gasteiger partial charge >= 0.3 is 0 Å². The first-order valence-electron chi connectivity index (χ1n) is 6.67. The van der Waals surface area contributed by atoms with Gasteiger partial charge in [-0.3, -0.25) is 9.59 Å². The van der Waals surface area contributed by atoms with Crippen molar-refractivity contribution in [3.63, 3.8) is 0 Å². The van der Waals surface area contributed by atoms with Crippen molar-refractivity contribution in [1.29, 1.82) is 0 Å². The van der Waals surface area contributed by atoms with Crippen molar-refractivity contribution in [3.8, 4) is 0 Å². The first kappa shape index (κ1) is 16.9. The third kappa shape index (κ3) is 4.64. The second-order valence-electron chi connectivity index (χ2n) is 4.67. The molecule has 0 bridgehead atoms. The predicted octanol–water partition coefficient (Wildman–Crippen LogP) is 0.687. The molecule has 0 saturated heterocycles. The van der Waals surface area contributed by atoms with Gasteiger partial charge in [-0.25, -0.2) is 0 Å². The lowest BCUT2D eigenvalue weighted by molar-refractivity contribution is -0.140. The molecule has 0 aliphatic rings. The molecule has 0 aromatic heterocycles. The third-order valence-corrected chi connectivity index (χ3v) is 3.41. The van der Waals surface area contributed by atoms with Crippen molar-refractivity contribution < 1.29 is 9.59 Å². The van der Waals surface area contributed by atoms with Gasteiger partial charge in [0.1, 0.15) is 0 Å². The molecule has 106 valence electrons. The fraction of sp³-hybridized carbons (Fsp3) is 0.846. The van der Waals surface area contributed by atoms with Gasteiger partial charge < -0.3 is 15.5 Å². The van der Waals surface area contributed by atoms with Crippen molar-refractivity contribution in [2.45, 2.75) is 40.2 Å². The molecule has 0 rings (SSSR count). The molecular weight excluding hydrogens is 230 g/mol. The summed E-state index contributed by atoms with van der Waals surface area (Å²) in [5, 5.41) is 0. The van der Waals surface area contributed by atoms with E-state index >= 15 is 0 Å². The lowest BCUT2D eigenvalue weighted by atomic mass is 9.99. The molecule has 0 aromatic carbocycles. The lowest BCUT2D eigenvalue weighted by Crippen LogP contribution is -2.49. The smallest absolute Gasteiger partial charge is 0.242 e. The van der Waals surface area contributed by atoms with Crippen LogP contribution >= 0.6 is 0 Å². The van der Waals surface area contributed by atoms with E-state index in [1.165, 1.54) is 4.90 Å². The molecule has 0 aromatic rings. The molecule has 18 heavy (non-hydrogen) atoms. The van der Waals surface area contributed by atoms with Gasteiger partial charge in [0.15, 0.2) is 0 Å². The number of carbonyl (C=O) groups excluding carboxylic acids is 2. The number of amides is 2. The summed E-state index contributed by atoms with van der Waals surface area (Å²) in [5.74, 6) is -0.0689. The summed E-state index contributed by atoms with van der Waals surface area (Å²) in [6.45, 7) is 9.22. The number of likely N-dealkylation sites (N-methyl/N-ethyl adjacent to an activating group) is 2. The zero-order valence-electron chi connectivity index (χ0n) is 12.3. The Bertz CT molecular complexity index is 277. The molecular formula is C13H27N3O2. The minimum absolute atomic E-state index is 0.0350. The number of hydrogen-bond acceptors (Lipinski definition) is 3. The number of nitrogens with zero attached hydrogens (tertiary/aromatic N) is 2. The van der Waals surface area contributed by atoms with Gasteiger partial charge in [0.2, 0.25) is 11.8 Å². The number of carbonyl (C=O) groups is 2. The zero-order valence-corrected chi connectivity index (χ0v) is 12.3. The third-order valence-electron chi connectivity index (χ3n) is 3.41. The average Bonchev–Trinajstić information content (AvgIpc) is 2.37. The van der Waals surface area contributed by atoms with E-state index in [0.29, 0.717) is 13.1 Å². The van der Waals surface area contributed by atoms with Gasteiger partial charge in [-0.1, -0.05) is 20.3 Å². The van der Waals surface area contributed by atoms with Crippen molar-refractivity contribution >= 4 is 11.8 Å². The maximum absolute atomic E-state index is 12.0. The first-order valence-corrected chi connectivity index (χ1v) is 6.67. The Morgan fingerprint density at radius 2 is 1.67 bits per heavy atom. The van der Waals surface area contributed by atoms with Gasteiger partial charge in [0.25, 0.3) is 0 Å². The highest BCUT2D eigenvalue weighted by Gasteiger charge is 2.24. The van der Waals surface area contributed by atoms with Crippen molar-refractivity contribution in [3.05, 3.63) is 0 Å². The van der Waals surface area contributed by atoms with Gasteiger partial charge in [-0.2, -0.15) is 0 Å². The van der Waals surface area contributed by atoms with Gasteiger partial charge in [-0.05, 0) is 19.8 Å². The van der Waals surface area contributed by atoms with E-state index < -0.39 is 6.04 Å². The molecule has 2 N–H and O–H groups in total. The highest BCUT2D eigenvalue weighted by Crippen LogP contribution is 2.07. The Hall–Kier alpha value is -1.10. The monoisotopic (exact) mass is 257 g/mol. The lowest BCUT2D eigenvalue weighted by Gasteiger charge is -2.26. The number of nitrogens with two attached hydrogens (primary N) is 1. The van der Waals surface area contributed by atoms with E-state index in [1.54, 1.807) is 11.9 Å². The Kier molecular flexibility index (Phi) is 7.59. The molecule has 0 spiro atoms. The van der Waals surface area contributed by atoms with Gasteiger partial charge in [0.05, 0.1) is 12.6 Å². The summed E-state index contributed by atoms with van der Waals surface area (Å²) >= 11 is 0. The molecule has 2 amide bonds. The van der Waals surface area contributed by atoms with Crippen LogP contribution < -0.4 is 5.73 Å². The highest BCUT2D eigenvalue weighted by atomic mass is 16.2. The van der Waals surface area contributed by atoms with Crippen LogP contribution in [0.3, 0.4) is 0 Å². The fourth-order valence-corrected chi connectivity index (χ4v) is 1.71. The van der Waals surface area contributed by atoms with E-state index in [0.717, 1.165) is 6.42 Å². The Labute approximate surface area is 110 Å². The molecule has 0 aliphatic carbocycles. The number of hydrogen-bond donors (Lipinski definition) is 1. The molecule has 0 aliphatic heterocycles. The molecule has 0 heterocycles. The Morgan fingerprint density at radius 3 is 2.06 bits per heavy atom. The summed E-state index contributed by atoms with van der Waals surface area (Å²) in [7, 11) is 1.63. The first-order chi connectivity index (χ1) is 8.38. The Morgan fingerprint density at radius 1 is 1.17 bits per heavy atom. The summed E-state index contributed by atoms with van der Waals surface area (Å²) in [4.78, 5) is 27.0. The molecule has 2 atom stereocenters. The maximum atomic E-state index is 12.0. The fourth-order valence-electron chi connectivity index (χ4n) is 1.71. The molecule has 0 fully saturated rings. The summed E-state index contributed by atoms with van der Waals surface area (Å²) in [6.07, 6.45) is 0.852. The molecule has 1 unspecified atom stereocenters. The normalized spacial score (nSPS) is 13.9. The van der Waals surface area contributed by atoms with Crippen LogP contribution in [0.15, 0.2) is 0 Å². The SMILES string of the molecule is CCC(C)[C@H](N)C(=O)N(C)CC(=O)N(CC)CC. The number of rotatable bonds is 7. The molecule has 0 radical (unpaired) electrons. The molecule has 5 heteroatoms. The minimum Gasteiger partial charge on any atom is -0.342 e. The van der Waals surface area contributed by atoms with Crippen LogP contribution in [0.4, 0.5) is 0 Å². The van der Waals surface area contributed by atoms with Crippen molar-refractivity contribution in [2.75, 3.05) is 26.7 Å². The molecule has 5 nitrogen and oxygen atoms in total. The van der Waals surface area contributed by atoms with E-state index in [-0.39, 0.29) is 24.3 Å². The standard InChI is InChI=1S/C13H27N3O2/c1-6-10(4)12(14)13(18)15(5)9-11(17)16(7-2)8-3/h10,12H,6-9,14H2,1-5H3/t10?,12-/m0/s1. The largest absolute Gasteiger partial charge is 0.342 e. The zero-order chi connectivity index (χ0) is 14.3. The van der Waals surface area contributed by atoms with Crippen molar-refractivity contribution in [2.24, 2.45) is 11.7 Å². The summed E-state index contributed by atoms with van der Waals surface area (Å²) in [6, 6.07) is -0.524. The van der Waals surface area contributed by atoms with Crippen LogP contribution in [-0.2, 0) is 9.59 Å². The second kappa shape index (κ2) is 8.08. The van der Waals surface area contributed by atoms with E-state index in [1.807, 2.05) is 27.7 Å². The van der Waals surface area contributed by atoms with E-state index in [4.69, 9.17) is 5.73 Å². The van der Waals surface area contributed by atoms with Crippen LogP contribution in [-0.4, -0.2) is 54.3 Å². The van der Waals surface area contributed by atoms with Crippen LogP contribution in [0.2, 0.25) is 0 Å².